The quantitative estimate of drug-likeness (QED) is 0.138. The molecule has 2 unspecified atom stereocenters. The number of alkyl halides is 3. The third-order valence-corrected chi connectivity index (χ3v) is 7.16. The normalized spacial score (nSPS) is 15.2. The zero-order valence-electron chi connectivity index (χ0n) is 24.3. The molecule has 4 amide bonds. The summed E-state index contributed by atoms with van der Waals surface area (Å²) in [6, 6.07) is 2.35. The van der Waals surface area contributed by atoms with Gasteiger partial charge in [0.15, 0.2) is 0 Å². The van der Waals surface area contributed by atoms with Crippen LogP contribution in [-0.4, -0.2) is 86.2 Å². The molecule has 1 aliphatic rings. The maximum Gasteiger partial charge on any atom is 0.573 e. The molecule has 1 fully saturated rings. The Hall–Kier alpha value is -3.43. The summed E-state index contributed by atoms with van der Waals surface area (Å²) in [4.78, 5) is 52.3. The van der Waals surface area contributed by atoms with Crippen LogP contribution in [0, 0.1) is 5.92 Å². The lowest BCUT2D eigenvalue weighted by molar-refractivity contribution is -0.274. The van der Waals surface area contributed by atoms with E-state index in [1.54, 1.807) is 0 Å². The molecule has 0 radical (unpaired) electrons. The number of nitrogens with zero attached hydrogens (tertiary/aromatic N) is 1. The van der Waals surface area contributed by atoms with Crippen LogP contribution in [0.2, 0.25) is 0 Å². The van der Waals surface area contributed by atoms with E-state index in [-0.39, 0.29) is 57.2 Å². The van der Waals surface area contributed by atoms with Crippen molar-refractivity contribution in [1.82, 2.24) is 20.9 Å². The van der Waals surface area contributed by atoms with Gasteiger partial charge in [-0.1, -0.05) is 32.1 Å². The first-order chi connectivity index (χ1) is 20.4. The van der Waals surface area contributed by atoms with E-state index in [1.165, 1.54) is 23.5 Å². The Kier molecular flexibility index (Phi) is 15.2. The van der Waals surface area contributed by atoms with E-state index in [1.807, 2.05) is 0 Å². The molecule has 2 atom stereocenters. The van der Waals surface area contributed by atoms with E-state index in [0.29, 0.717) is 12.3 Å². The lowest BCUT2D eigenvalue weighted by Gasteiger charge is -2.26. The standard InChI is InChI=1S/C28H44F3N7O5/c29-28(30,31)43-21-9-7-20(8-10-21)25(40)35-14-15-36-27(42)23(11-6-19-4-2-1-3-5-19)37-26(41)22(34)18-24(39)38(16-12-32)17-13-33/h7-10,19,22-23H,1-6,11-18,32-34H2,(H,35,40)(H,36,42)(H,37,41). The lowest BCUT2D eigenvalue weighted by Crippen LogP contribution is -2.53. The largest absolute Gasteiger partial charge is 0.573 e. The Bertz CT molecular complexity index is 1030. The fourth-order valence-corrected chi connectivity index (χ4v) is 4.90. The third-order valence-electron chi connectivity index (χ3n) is 7.16. The lowest BCUT2D eigenvalue weighted by atomic mass is 9.85. The monoisotopic (exact) mass is 615 g/mol. The molecule has 242 valence electrons. The molecule has 2 rings (SSSR count). The molecule has 1 aliphatic carbocycles. The molecule has 0 bridgehead atoms. The van der Waals surface area contributed by atoms with E-state index in [4.69, 9.17) is 17.2 Å². The van der Waals surface area contributed by atoms with Gasteiger partial charge in [-0.25, -0.2) is 0 Å². The van der Waals surface area contributed by atoms with Crippen molar-refractivity contribution in [2.75, 3.05) is 39.3 Å². The van der Waals surface area contributed by atoms with Gasteiger partial charge >= 0.3 is 6.36 Å². The van der Waals surface area contributed by atoms with Crippen molar-refractivity contribution in [3.05, 3.63) is 29.8 Å². The van der Waals surface area contributed by atoms with Gasteiger partial charge in [0.05, 0.1) is 12.5 Å². The number of hydrogen-bond acceptors (Lipinski definition) is 8. The summed E-state index contributed by atoms with van der Waals surface area (Å²) >= 11 is 0. The van der Waals surface area contributed by atoms with Gasteiger partial charge in [0.25, 0.3) is 5.91 Å². The summed E-state index contributed by atoms with van der Waals surface area (Å²) < 4.78 is 40.8. The summed E-state index contributed by atoms with van der Waals surface area (Å²) in [5.41, 5.74) is 17.2. The van der Waals surface area contributed by atoms with Gasteiger partial charge in [0.1, 0.15) is 11.8 Å². The van der Waals surface area contributed by atoms with Crippen LogP contribution in [-0.2, 0) is 14.4 Å². The predicted molar refractivity (Wildman–Crippen MR) is 153 cm³/mol. The highest BCUT2D eigenvalue weighted by Crippen LogP contribution is 2.28. The molecule has 0 saturated heterocycles. The van der Waals surface area contributed by atoms with Crippen molar-refractivity contribution in [2.45, 2.75) is 69.8 Å². The van der Waals surface area contributed by atoms with E-state index >= 15 is 0 Å². The molecular formula is C28H44F3N7O5. The molecule has 9 N–H and O–H groups in total. The maximum atomic E-state index is 13.1. The molecule has 1 aromatic rings. The molecule has 0 aromatic heterocycles. The van der Waals surface area contributed by atoms with Crippen LogP contribution in [0.25, 0.3) is 0 Å². The van der Waals surface area contributed by atoms with Crippen molar-refractivity contribution in [3.8, 4) is 5.75 Å². The van der Waals surface area contributed by atoms with Gasteiger partial charge < -0.3 is 42.8 Å². The van der Waals surface area contributed by atoms with Crippen molar-refractivity contribution in [1.29, 1.82) is 0 Å². The van der Waals surface area contributed by atoms with Crippen LogP contribution in [0.15, 0.2) is 24.3 Å². The van der Waals surface area contributed by atoms with Crippen LogP contribution >= 0.6 is 0 Å². The Morgan fingerprint density at radius 1 is 0.930 bits per heavy atom. The van der Waals surface area contributed by atoms with Crippen molar-refractivity contribution < 1.29 is 37.1 Å². The molecule has 15 heteroatoms. The van der Waals surface area contributed by atoms with Gasteiger partial charge in [-0.05, 0) is 43.0 Å². The molecule has 0 aliphatic heterocycles. The van der Waals surface area contributed by atoms with E-state index in [0.717, 1.165) is 44.2 Å². The molecule has 1 aromatic carbocycles. The highest BCUT2D eigenvalue weighted by molar-refractivity contribution is 5.94. The summed E-state index contributed by atoms with van der Waals surface area (Å²) in [6.45, 7) is 1.10. The van der Waals surface area contributed by atoms with Gasteiger partial charge in [0, 0.05) is 44.8 Å². The van der Waals surface area contributed by atoms with Crippen molar-refractivity contribution >= 4 is 23.6 Å². The zero-order chi connectivity index (χ0) is 31.8. The molecule has 43 heavy (non-hydrogen) atoms. The topological polar surface area (TPSA) is 195 Å². The Morgan fingerprint density at radius 2 is 1.53 bits per heavy atom. The van der Waals surface area contributed by atoms with E-state index in [9.17, 15) is 32.3 Å². The van der Waals surface area contributed by atoms with Crippen molar-refractivity contribution in [2.24, 2.45) is 23.1 Å². The molecule has 0 heterocycles. The first kappa shape index (κ1) is 35.8. The van der Waals surface area contributed by atoms with Gasteiger partial charge in [-0.15, -0.1) is 13.2 Å². The van der Waals surface area contributed by atoms with Crippen LogP contribution in [0.1, 0.15) is 61.7 Å². The number of hydrogen-bond donors (Lipinski definition) is 6. The molecule has 1 saturated carbocycles. The number of benzene rings is 1. The Morgan fingerprint density at radius 3 is 2.12 bits per heavy atom. The van der Waals surface area contributed by atoms with Gasteiger partial charge in [-0.3, -0.25) is 19.2 Å². The number of nitrogens with one attached hydrogen (secondary N) is 3. The Labute approximate surface area is 249 Å². The van der Waals surface area contributed by atoms with Gasteiger partial charge in [0.2, 0.25) is 17.7 Å². The van der Waals surface area contributed by atoms with E-state index < -0.39 is 41.9 Å². The molecular weight excluding hydrogens is 571 g/mol. The van der Waals surface area contributed by atoms with E-state index in [2.05, 4.69) is 20.7 Å². The van der Waals surface area contributed by atoms with Gasteiger partial charge in [-0.2, -0.15) is 0 Å². The number of ether oxygens (including phenoxy) is 1. The fraction of sp³-hybridized carbons (Fsp3) is 0.643. The summed E-state index contributed by atoms with van der Waals surface area (Å²) in [7, 11) is 0. The number of nitrogens with two attached hydrogens (primary N) is 3. The summed E-state index contributed by atoms with van der Waals surface area (Å²) in [6.07, 6.45) is 1.57. The zero-order valence-corrected chi connectivity index (χ0v) is 24.3. The maximum absolute atomic E-state index is 13.1. The van der Waals surface area contributed by atoms with Crippen LogP contribution in [0.4, 0.5) is 13.2 Å². The fourth-order valence-electron chi connectivity index (χ4n) is 4.90. The SMILES string of the molecule is NCCN(CCN)C(=O)CC(N)C(=O)NC(CCC1CCCCC1)C(=O)NCCNC(=O)c1ccc(OC(F)(F)F)cc1. The average molecular weight is 616 g/mol. The highest BCUT2D eigenvalue weighted by atomic mass is 19.4. The number of carbonyl (C=O) groups is 4. The second-order valence-electron chi connectivity index (χ2n) is 10.5. The number of carbonyl (C=O) groups excluding carboxylic acids is 4. The average Bonchev–Trinajstić information content (AvgIpc) is 2.97. The smallest absolute Gasteiger partial charge is 0.406 e. The molecule has 0 spiro atoms. The van der Waals surface area contributed by atoms with Crippen LogP contribution < -0.4 is 37.9 Å². The molecule has 12 nitrogen and oxygen atoms in total. The first-order valence-electron chi connectivity index (χ1n) is 14.6. The minimum atomic E-state index is -4.84. The Balaban J connectivity index is 1.91. The van der Waals surface area contributed by atoms with Crippen molar-refractivity contribution in [3.63, 3.8) is 0 Å². The predicted octanol–water partition coefficient (Wildman–Crippen LogP) is 0.740. The highest BCUT2D eigenvalue weighted by Gasteiger charge is 2.31. The minimum absolute atomic E-state index is 0.0286. The summed E-state index contributed by atoms with van der Waals surface area (Å²) in [5, 5.41) is 7.95. The number of rotatable bonds is 17. The summed E-state index contributed by atoms with van der Waals surface area (Å²) in [5.74, 6) is -2.01. The second-order valence-corrected chi connectivity index (χ2v) is 10.5. The third kappa shape index (κ3) is 13.6. The minimum Gasteiger partial charge on any atom is -0.406 e. The number of amides is 4. The number of halogens is 3. The second kappa shape index (κ2) is 18.3. The first-order valence-corrected chi connectivity index (χ1v) is 14.6. The van der Waals surface area contributed by atoms with Crippen LogP contribution in [0.3, 0.4) is 0 Å². The van der Waals surface area contributed by atoms with Crippen LogP contribution in [0.5, 0.6) is 5.75 Å².